The fraction of sp³-hybridized carbons (Fsp3) is 0.364. The highest BCUT2D eigenvalue weighted by molar-refractivity contribution is 5.96. The Bertz CT molecular complexity index is 2190. The van der Waals surface area contributed by atoms with Crippen LogP contribution in [0, 0.1) is 17.7 Å². The predicted octanol–water partition coefficient (Wildman–Crippen LogP) is 5.14. The molecule has 4 atom stereocenters. The highest BCUT2D eigenvalue weighted by Gasteiger charge is 2.53. The SMILES string of the molecule is CC(C)[C@H](NC(=O)O)C(=O)N1CCC[C@@]1(C(N)=O)c1cccc(-c2ccc(-c3cccc([C@]4(C(N)=O)CCCN4C(=O)[C@@H](NC(=O)O)C(C)C)c3)n2-c2ccc(F)cc2)c1. The van der Waals surface area contributed by atoms with Crippen LogP contribution in [-0.2, 0) is 30.3 Å². The molecule has 4 aromatic rings. The number of hydrogen-bond acceptors (Lipinski definition) is 6. The number of nitrogens with one attached hydrogen (secondary N) is 2. The van der Waals surface area contributed by atoms with E-state index >= 15 is 0 Å². The Morgan fingerprint density at radius 3 is 1.38 bits per heavy atom. The van der Waals surface area contributed by atoms with Gasteiger partial charge in [0.2, 0.25) is 23.6 Å². The molecule has 0 spiro atoms. The van der Waals surface area contributed by atoms with E-state index in [9.17, 15) is 43.4 Å². The van der Waals surface area contributed by atoms with Crippen LogP contribution in [0.3, 0.4) is 0 Å². The Hall–Kier alpha value is -6.71. The number of benzene rings is 3. The fourth-order valence-electron chi connectivity index (χ4n) is 8.89. The number of rotatable bonds is 13. The van der Waals surface area contributed by atoms with Crippen LogP contribution >= 0.6 is 0 Å². The van der Waals surface area contributed by atoms with Crippen LogP contribution in [-0.4, -0.2) is 85.6 Å². The Morgan fingerprint density at radius 1 is 0.633 bits per heavy atom. The van der Waals surface area contributed by atoms with Crippen LogP contribution in [0.5, 0.6) is 0 Å². The summed E-state index contributed by atoms with van der Waals surface area (Å²) in [5.41, 5.74) is 13.0. The van der Waals surface area contributed by atoms with Gasteiger partial charge in [-0.3, -0.25) is 19.2 Å². The van der Waals surface area contributed by atoms with Gasteiger partial charge in [0.1, 0.15) is 29.0 Å². The second kappa shape index (κ2) is 16.9. The van der Waals surface area contributed by atoms with Gasteiger partial charge < -0.3 is 46.7 Å². The maximum absolute atomic E-state index is 14.4. The van der Waals surface area contributed by atoms with Crippen molar-refractivity contribution in [2.45, 2.75) is 76.5 Å². The summed E-state index contributed by atoms with van der Waals surface area (Å²) in [5, 5.41) is 23.6. The van der Waals surface area contributed by atoms with Crippen molar-refractivity contribution in [3.63, 3.8) is 0 Å². The van der Waals surface area contributed by atoms with Crippen LogP contribution in [0.15, 0.2) is 84.9 Å². The summed E-state index contributed by atoms with van der Waals surface area (Å²) in [4.78, 5) is 81.3. The number of halogens is 1. The summed E-state index contributed by atoms with van der Waals surface area (Å²) in [6, 6.07) is 21.3. The van der Waals surface area contributed by atoms with E-state index in [4.69, 9.17) is 11.5 Å². The van der Waals surface area contributed by atoms with E-state index in [0.29, 0.717) is 52.2 Å². The molecule has 2 fully saturated rings. The molecule has 3 aromatic carbocycles. The molecule has 1 aromatic heterocycles. The highest BCUT2D eigenvalue weighted by atomic mass is 19.1. The van der Waals surface area contributed by atoms with Gasteiger partial charge in [-0.2, -0.15) is 0 Å². The lowest BCUT2D eigenvalue weighted by molar-refractivity contribution is -0.146. The monoisotopic (exact) mass is 823 g/mol. The van der Waals surface area contributed by atoms with Gasteiger partial charge in [0.05, 0.1) is 11.4 Å². The Balaban J connectivity index is 1.48. The maximum atomic E-state index is 14.4. The summed E-state index contributed by atoms with van der Waals surface area (Å²) in [7, 11) is 0. The number of nitrogens with two attached hydrogens (primary N) is 2. The summed E-state index contributed by atoms with van der Waals surface area (Å²) in [6.07, 6.45) is -1.46. The normalized spacial score (nSPS) is 19.9. The molecule has 6 rings (SSSR count). The minimum atomic E-state index is -1.59. The molecule has 3 heterocycles. The number of carboxylic acid groups (broad SMARTS) is 2. The van der Waals surface area contributed by atoms with Gasteiger partial charge in [0.15, 0.2) is 0 Å². The topological polar surface area (TPSA) is 230 Å². The number of likely N-dealkylation sites (tertiary alicyclic amines) is 2. The van der Waals surface area contributed by atoms with Crippen molar-refractivity contribution in [2.24, 2.45) is 23.3 Å². The van der Waals surface area contributed by atoms with Crippen molar-refractivity contribution in [2.75, 3.05) is 13.1 Å². The molecule has 2 saturated heterocycles. The Labute approximate surface area is 346 Å². The van der Waals surface area contributed by atoms with E-state index in [1.54, 1.807) is 76.2 Å². The van der Waals surface area contributed by atoms with Gasteiger partial charge >= 0.3 is 12.2 Å². The van der Waals surface area contributed by atoms with E-state index in [2.05, 4.69) is 10.6 Å². The van der Waals surface area contributed by atoms with E-state index in [-0.39, 0.29) is 25.9 Å². The molecule has 0 saturated carbocycles. The van der Waals surface area contributed by atoms with Crippen LogP contribution in [0.2, 0.25) is 0 Å². The summed E-state index contributed by atoms with van der Waals surface area (Å²) in [6.45, 7) is 7.17. The second-order valence-corrected chi connectivity index (χ2v) is 16.1. The summed E-state index contributed by atoms with van der Waals surface area (Å²) >= 11 is 0. The second-order valence-electron chi connectivity index (χ2n) is 16.1. The van der Waals surface area contributed by atoms with Crippen LogP contribution in [0.4, 0.5) is 14.0 Å². The first kappa shape index (κ1) is 42.9. The largest absolute Gasteiger partial charge is 0.465 e. The van der Waals surface area contributed by atoms with Crippen LogP contribution in [0.1, 0.15) is 64.5 Å². The lowest BCUT2D eigenvalue weighted by Crippen LogP contribution is -2.59. The zero-order chi connectivity index (χ0) is 43.7. The number of amides is 6. The first-order valence-corrected chi connectivity index (χ1v) is 19.8. The van der Waals surface area contributed by atoms with Gasteiger partial charge in [-0.1, -0.05) is 64.1 Å². The van der Waals surface area contributed by atoms with Gasteiger partial charge in [0, 0.05) is 18.8 Å². The van der Waals surface area contributed by atoms with Gasteiger partial charge in [-0.25, -0.2) is 14.0 Å². The lowest BCUT2D eigenvalue weighted by atomic mass is 9.84. The molecule has 0 unspecified atom stereocenters. The molecular weight excluding hydrogens is 774 g/mol. The smallest absolute Gasteiger partial charge is 0.405 e. The minimum absolute atomic E-state index is 0.174. The van der Waals surface area contributed by atoms with Crippen molar-refractivity contribution in [3.8, 4) is 28.2 Å². The number of nitrogens with zero attached hydrogens (tertiary/aromatic N) is 3. The number of aromatic nitrogens is 1. The number of carbonyl (C=O) groups excluding carboxylic acids is 4. The molecule has 6 amide bonds. The molecule has 60 heavy (non-hydrogen) atoms. The fourth-order valence-corrected chi connectivity index (χ4v) is 8.89. The Kier molecular flexibility index (Phi) is 12.1. The van der Waals surface area contributed by atoms with E-state index in [0.717, 1.165) is 0 Å². The van der Waals surface area contributed by atoms with Gasteiger partial charge in [0.25, 0.3) is 0 Å². The molecule has 15 nitrogen and oxygen atoms in total. The minimum Gasteiger partial charge on any atom is -0.465 e. The number of primary amides is 2. The maximum Gasteiger partial charge on any atom is 0.405 e. The Morgan fingerprint density at radius 2 is 1.03 bits per heavy atom. The zero-order valence-electron chi connectivity index (χ0n) is 33.9. The third kappa shape index (κ3) is 7.64. The number of carbonyl (C=O) groups is 6. The molecule has 0 radical (unpaired) electrons. The molecule has 0 aliphatic carbocycles. The zero-order valence-corrected chi connectivity index (χ0v) is 33.9. The van der Waals surface area contributed by atoms with Crippen molar-refractivity contribution in [3.05, 3.63) is 102 Å². The first-order chi connectivity index (χ1) is 28.4. The third-order valence-electron chi connectivity index (χ3n) is 11.8. The lowest BCUT2D eigenvalue weighted by Gasteiger charge is -2.39. The van der Waals surface area contributed by atoms with Crippen molar-refractivity contribution >= 4 is 35.8 Å². The van der Waals surface area contributed by atoms with E-state index in [1.165, 1.54) is 21.9 Å². The molecule has 0 bridgehead atoms. The predicted molar refractivity (Wildman–Crippen MR) is 220 cm³/mol. The molecule has 2 aliphatic heterocycles. The molecule has 316 valence electrons. The molecule has 2 aliphatic rings. The summed E-state index contributed by atoms with van der Waals surface area (Å²) < 4.78 is 16.3. The average Bonchev–Trinajstić information content (AvgIpc) is 3.97. The molecule has 16 heteroatoms. The van der Waals surface area contributed by atoms with Crippen molar-refractivity contribution in [1.29, 1.82) is 0 Å². The summed E-state index contributed by atoms with van der Waals surface area (Å²) in [5.74, 6) is -3.99. The van der Waals surface area contributed by atoms with E-state index < -0.39 is 76.6 Å². The highest BCUT2D eigenvalue weighted by Crippen LogP contribution is 2.44. The first-order valence-electron chi connectivity index (χ1n) is 19.8. The number of hydrogen-bond donors (Lipinski definition) is 6. The van der Waals surface area contributed by atoms with Gasteiger partial charge in [-0.05, 0) is 108 Å². The van der Waals surface area contributed by atoms with E-state index in [1.807, 2.05) is 28.8 Å². The average molecular weight is 824 g/mol. The molecule has 8 N–H and O–H groups in total. The standard InChI is InChI=1S/C44H50FN7O8/c1-25(2)35(48-41(57)58)37(53)50-21-7-19-43(50,39(46)55)29-11-5-9-27(23-29)33-17-18-34(52(33)32-15-13-31(45)14-16-32)28-10-6-12-30(24-28)44(40(47)56)20-8-22-51(44)38(54)36(26(3)4)49-42(59)60/h5-6,9-18,23-26,35-36,48-49H,7-8,19-22H2,1-4H3,(H2,46,55)(H2,47,56)(H,57,58)(H,59,60)/t35-,36-,43-,44-/m0/s1. The molecular formula is C44H50FN7O8. The quantitative estimate of drug-likeness (QED) is 0.106. The van der Waals surface area contributed by atoms with Crippen molar-refractivity contribution in [1.82, 2.24) is 25.0 Å². The van der Waals surface area contributed by atoms with Crippen LogP contribution in [0.25, 0.3) is 28.2 Å². The van der Waals surface area contributed by atoms with Crippen molar-refractivity contribution < 1.29 is 43.4 Å². The third-order valence-corrected chi connectivity index (χ3v) is 11.8. The van der Waals surface area contributed by atoms with Gasteiger partial charge in [-0.15, -0.1) is 0 Å². The van der Waals surface area contributed by atoms with Crippen LogP contribution < -0.4 is 22.1 Å².